The number of fused-ring (bicyclic) bond motifs is 2. The summed E-state index contributed by atoms with van der Waals surface area (Å²) in [6.45, 7) is 9.43. The van der Waals surface area contributed by atoms with E-state index in [4.69, 9.17) is 4.74 Å². The number of morpholine rings is 1. The van der Waals surface area contributed by atoms with Gasteiger partial charge in [-0.1, -0.05) is 20.8 Å². The van der Waals surface area contributed by atoms with Crippen LogP contribution in [0.1, 0.15) is 50.4 Å². The molecule has 1 N–H and O–H groups in total. The number of hydrogen-bond acceptors (Lipinski definition) is 5. The molecule has 1 aliphatic heterocycles. The Bertz CT molecular complexity index is 803. The number of nitrogens with one attached hydrogen (secondary N) is 1. The zero-order valence-electron chi connectivity index (χ0n) is 16.9. The van der Waals surface area contributed by atoms with E-state index in [0.29, 0.717) is 37.8 Å². The van der Waals surface area contributed by atoms with E-state index in [1.54, 1.807) is 6.07 Å². The molecule has 2 saturated carbocycles. The van der Waals surface area contributed by atoms with E-state index in [0.717, 1.165) is 18.5 Å². The van der Waals surface area contributed by atoms with Gasteiger partial charge in [-0.15, -0.1) is 0 Å². The van der Waals surface area contributed by atoms with Crippen LogP contribution in [0, 0.1) is 26.9 Å². The fourth-order valence-corrected chi connectivity index (χ4v) is 5.56. The van der Waals surface area contributed by atoms with Crippen LogP contribution in [-0.4, -0.2) is 43.2 Å². The van der Waals surface area contributed by atoms with E-state index < -0.39 is 4.92 Å². The third-order valence-corrected chi connectivity index (χ3v) is 7.89. The van der Waals surface area contributed by atoms with Crippen molar-refractivity contribution < 1.29 is 14.5 Å². The zero-order valence-corrected chi connectivity index (χ0v) is 16.9. The number of carbonyl (C=O) groups excluding carboxylic acids is 1. The second-order valence-electron chi connectivity index (χ2n) is 9.19. The van der Waals surface area contributed by atoms with Gasteiger partial charge < -0.3 is 15.0 Å². The van der Waals surface area contributed by atoms with Crippen molar-refractivity contribution in [3.8, 4) is 0 Å². The number of nitro groups is 1. The highest BCUT2D eigenvalue weighted by atomic mass is 16.6. The van der Waals surface area contributed by atoms with E-state index in [9.17, 15) is 14.9 Å². The maximum Gasteiger partial charge on any atom is 0.270 e. The van der Waals surface area contributed by atoms with E-state index in [2.05, 4.69) is 31.0 Å². The Morgan fingerprint density at radius 2 is 2.00 bits per heavy atom. The quantitative estimate of drug-likeness (QED) is 0.632. The number of nitro benzene ring substituents is 1. The minimum absolute atomic E-state index is 0.0540. The lowest BCUT2D eigenvalue weighted by Crippen LogP contribution is -2.47. The lowest BCUT2D eigenvalue weighted by molar-refractivity contribution is -0.384. The van der Waals surface area contributed by atoms with E-state index in [1.807, 2.05) is 0 Å². The van der Waals surface area contributed by atoms with E-state index >= 15 is 0 Å². The first-order valence-electron chi connectivity index (χ1n) is 10.2. The van der Waals surface area contributed by atoms with Gasteiger partial charge in [-0.25, -0.2) is 0 Å². The summed E-state index contributed by atoms with van der Waals surface area (Å²) in [6, 6.07) is 4.69. The van der Waals surface area contributed by atoms with Crippen molar-refractivity contribution in [3.05, 3.63) is 33.9 Å². The first-order valence-corrected chi connectivity index (χ1v) is 10.2. The third kappa shape index (κ3) is 2.87. The first kappa shape index (κ1) is 19.2. The highest BCUT2D eigenvalue weighted by Gasteiger charge is 2.61. The Morgan fingerprint density at radius 1 is 1.29 bits per heavy atom. The summed E-state index contributed by atoms with van der Waals surface area (Å²) in [5.41, 5.74) is 1.34. The Kier molecular flexibility index (Phi) is 4.61. The standard InChI is InChI=1S/C21H29N3O4/c1-20(2)14-6-7-21(20,3)18(12-14)22-19(25)16-13-15(24(26)27)4-5-17(16)23-8-10-28-11-9-23/h4-5,13-14,18H,6-12H2,1-3H3,(H,22,25)/t14-,18-,21-/m1/s1. The normalized spacial score (nSPS) is 31.0. The molecule has 1 aromatic rings. The van der Waals surface area contributed by atoms with Gasteiger partial charge in [-0.3, -0.25) is 14.9 Å². The zero-order chi connectivity index (χ0) is 20.1. The van der Waals surface area contributed by atoms with Crippen LogP contribution in [0.3, 0.4) is 0 Å². The molecule has 2 aliphatic carbocycles. The molecule has 0 unspecified atom stereocenters. The second kappa shape index (κ2) is 6.72. The molecule has 0 aromatic heterocycles. The number of non-ortho nitro benzene ring substituents is 1. The molecule has 4 rings (SSSR count). The summed E-state index contributed by atoms with van der Waals surface area (Å²) < 4.78 is 5.41. The van der Waals surface area contributed by atoms with Crippen LogP contribution in [-0.2, 0) is 4.74 Å². The number of anilines is 1. The fraction of sp³-hybridized carbons (Fsp3) is 0.667. The van der Waals surface area contributed by atoms with Gasteiger partial charge in [0.25, 0.3) is 11.6 Å². The Morgan fingerprint density at radius 3 is 2.57 bits per heavy atom. The largest absolute Gasteiger partial charge is 0.378 e. The van der Waals surface area contributed by atoms with Crippen LogP contribution in [0.5, 0.6) is 0 Å². The van der Waals surface area contributed by atoms with Crippen LogP contribution in [0.2, 0.25) is 0 Å². The highest BCUT2D eigenvalue weighted by Crippen LogP contribution is 2.65. The average molecular weight is 387 g/mol. The van der Waals surface area contributed by atoms with Crippen LogP contribution in [0.15, 0.2) is 18.2 Å². The minimum atomic E-state index is -0.443. The Balaban J connectivity index is 1.63. The molecule has 0 spiro atoms. The lowest BCUT2D eigenvalue weighted by Gasteiger charge is -2.39. The lowest BCUT2D eigenvalue weighted by atomic mass is 9.69. The Hall–Kier alpha value is -2.15. The van der Waals surface area contributed by atoms with Crippen LogP contribution < -0.4 is 10.2 Å². The molecule has 7 heteroatoms. The van der Waals surface area contributed by atoms with Gasteiger partial charge in [-0.2, -0.15) is 0 Å². The van der Waals surface area contributed by atoms with Crippen molar-refractivity contribution in [1.29, 1.82) is 0 Å². The summed E-state index contributed by atoms with van der Waals surface area (Å²) in [4.78, 5) is 26.2. The summed E-state index contributed by atoms with van der Waals surface area (Å²) >= 11 is 0. The molecule has 28 heavy (non-hydrogen) atoms. The Labute approximate surface area is 165 Å². The van der Waals surface area contributed by atoms with Gasteiger partial charge in [0, 0.05) is 31.3 Å². The SMILES string of the molecule is CC1(C)[C@@H]2CC[C@]1(C)[C@H](NC(=O)c1cc([N+](=O)[O-])ccc1N1CCOCC1)C2. The summed E-state index contributed by atoms with van der Waals surface area (Å²) in [6.07, 6.45) is 3.31. The van der Waals surface area contributed by atoms with Crippen LogP contribution in [0.25, 0.3) is 0 Å². The van der Waals surface area contributed by atoms with Crippen LogP contribution in [0.4, 0.5) is 11.4 Å². The van der Waals surface area contributed by atoms with E-state index in [-0.39, 0.29) is 28.5 Å². The molecule has 0 radical (unpaired) electrons. The molecule has 2 bridgehead atoms. The van der Waals surface area contributed by atoms with Gasteiger partial charge in [0.05, 0.1) is 29.4 Å². The molecule has 3 fully saturated rings. The van der Waals surface area contributed by atoms with Crippen molar-refractivity contribution in [2.24, 2.45) is 16.7 Å². The molecular formula is C21H29N3O4. The number of carbonyl (C=O) groups is 1. The number of ether oxygens (including phenoxy) is 1. The molecule has 152 valence electrons. The predicted octanol–water partition coefficient (Wildman–Crippen LogP) is 3.38. The monoisotopic (exact) mass is 387 g/mol. The van der Waals surface area contributed by atoms with Gasteiger partial charge in [0.1, 0.15) is 0 Å². The maximum atomic E-state index is 13.3. The number of benzene rings is 1. The molecule has 3 aliphatic rings. The molecule has 1 amide bonds. The van der Waals surface area contributed by atoms with Crippen molar-refractivity contribution in [2.75, 3.05) is 31.2 Å². The smallest absolute Gasteiger partial charge is 0.270 e. The second-order valence-corrected chi connectivity index (χ2v) is 9.19. The van der Waals surface area contributed by atoms with Gasteiger partial charge in [-0.05, 0) is 42.1 Å². The minimum Gasteiger partial charge on any atom is -0.378 e. The van der Waals surface area contributed by atoms with Crippen molar-refractivity contribution >= 4 is 17.3 Å². The summed E-state index contributed by atoms with van der Waals surface area (Å²) in [5.74, 6) is 0.409. The average Bonchev–Trinajstić information content (AvgIpc) is 3.01. The molecule has 1 saturated heterocycles. The molecule has 7 nitrogen and oxygen atoms in total. The molecule has 1 aromatic carbocycles. The highest BCUT2D eigenvalue weighted by molar-refractivity contribution is 6.00. The molecular weight excluding hydrogens is 358 g/mol. The predicted molar refractivity (Wildman–Crippen MR) is 107 cm³/mol. The number of hydrogen-bond donors (Lipinski definition) is 1. The first-order chi connectivity index (χ1) is 13.2. The fourth-order valence-electron chi connectivity index (χ4n) is 5.56. The number of nitrogens with zero attached hydrogens (tertiary/aromatic N) is 2. The maximum absolute atomic E-state index is 13.3. The number of amides is 1. The van der Waals surface area contributed by atoms with E-state index in [1.165, 1.54) is 18.6 Å². The van der Waals surface area contributed by atoms with Crippen molar-refractivity contribution in [2.45, 2.75) is 46.1 Å². The van der Waals surface area contributed by atoms with Gasteiger partial charge >= 0.3 is 0 Å². The number of rotatable bonds is 4. The third-order valence-electron chi connectivity index (χ3n) is 7.89. The summed E-state index contributed by atoms with van der Waals surface area (Å²) in [7, 11) is 0. The molecule has 1 heterocycles. The van der Waals surface area contributed by atoms with Crippen molar-refractivity contribution in [1.82, 2.24) is 5.32 Å². The van der Waals surface area contributed by atoms with Gasteiger partial charge in [0.15, 0.2) is 0 Å². The summed E-state index contributed by atoms with van der Waals surface area (Å²) in [5, 5.41) is 14.5. The molecule has 3 atom stereocenters. The van der Waals surface area contributed by atoms with Crippen LogP contribution >= 0.6 is 0 Å². The van der Waals surface area contributed by atoms with Crippen molar-refractivity contribution in [3.63, 3.8) is 0 Å². The topological polar surface area (TPSA) is 84.7 Å². The van der Waals surface area contributed by atoms with Gasteiger partial charge in [0.2, 0.25) is 0 Å².